The molecule has 1 aliphatic rings. The first kappa shape index (κ1) is 18.0. The van der Waals surface area contributed by atoms with Gasteiger partial charge in [-0.3, -0.25) is 14.4 Å². The predicted molar refractivity (Wildman–Crippen MR) is 81.4 cm³/mol. The summed E-state index contributed by atoms with van der Waals surface area (Å²) in [6.07, 6.45) is 0.302. The van der Waals surface area contributed by atoms with Crippen LogP contribution in [0.4, 0.5) is 8.78 Å². The summed E-state index contributed by atoms with van der Waals surface area (Å²) in [5.41, 5.74) is 0.0112. The highest BCUT2D eigenvalue weighted by Gasteiger charge is 2.31. The second-order valence-corrected chi connectivity index (χ2v) is 6.23. The van der Waals surface area contributed by atoms with Gasteiger partial charge in [-0.2, -0.15) is 0 Å². The van der Waals surface area contributed by atoms with Crippen LogP contribution >= 0.6 is 0 Å². The number of aliphatic carboxylic acids is 1. The van der Waals surface area contributed by atoms with E-state index < -0.39 is 29.3 Å². The maximum absolute atomic E-state index is 13.1. The smallest absolute Gasteiger partial charge is 0.308 e. The molecule has 7 heteroatoms. The minimum Gasteiger partial charge on any atom is -0.481 e. The Bertz CT molecular complexity index is 662. The molecule has 2 atom stereocenters. The fourth-order valence-corrected chi connectivity index (χ4v) is 2.93. The summed E-state index contributed by atoms with van der Waals surface area (Å²) < 4.78 is 26.0. The Labute approximate surface area is 138 Å². The number of ketones is 1. The van der Waals surface area contributed by atoms with Gasteiger partial charge in [0.05, 0.1) is 5.92 Å². The fourth-order valence-electron chi connectivity index (χ4n) is 2.93. The van der Waals surface area contributed by atoms with Gasteiger partial charge in [-0.05, 0) is 30.5 Å². The maximum Gasteiger partial charge on any atom is 0.308 e. The van der Waals surface area contributed by atoms with Gasteiger partial charge in [0, 0.05) is 31.5 Å². The summed E-state index contributed by atoms with van der Waals surface area (Å²) >= 11 is 0. The Morgan fingerprint density at radius 2 is 1.88 bits per heavy atom. The standard InChI is InChI=1S/C17H19F2NO4/c1-10-6-12(17(23)24)9-20(8-10)16(22)5-4-15(21)11-2-3-13(18)14(19)7-11/h2-3,7,10,12H,4-6,8-9H2,1H3,(H,23,24). The van der Waals surface area contributed by atoms with Gasteiger partial charge in [-0.1, -0.05) is 6.92 Å². The molecule has 1 saturated heterocycles. The number of carboxylic acids is 1. The first-order valence-electron chi connectivity index (χ1n) is 7.76. The molecule has 0 saturated carbocycles. The third kappa shape index (κ3) is 4.37. The average Bonchev–Trinajstić information content (AvgIpc) is 2.54. The van der Waals surface area contributed by atoms with E-state index >= 15 is 0 Å². The van der Waals surface area contributed by atoms with E-state index in [1.165, 1.54) is 11.0 Å². The van der Waals surface area contributed by atoms with Crippen molar-refractivity contribution in [1.29, 1.82) is 0 Å². The van der Waals surface area contributed by atoms with E-state index in [9.17, 15) is 23.2 Å². The first-order valence-corrected chi connectivity index (χ1v) is 7.76. The number of halogens is 2. The molecule has 0 bridgehead atoms. The van der Waals surface area contributed by atoms with Crippen molar-refractivity contribution >= 4 is 17.7 Å². The number of hydrogen-bond donors (Lipinski definition) is 1. The van der Waals surface area contributed by atoms with Gasteiger partial charge in [0.25, 0.3) is 0 Å². The number of Topliss-reactive ketones (excluding diaryl/α,β-unsaturated/α-hetero) is 1. The van der Waals surface area contributed by atoms with Gasteiger partial charge in [0.15, 0.2) is 17.4 Å². The summed E-state index contributed by atoms with van der Waals surface area (Å²) in [7, 11) is 0. The molecule has 1 fully saturated rings. The quantitative estimate of drug-likeness (QED) is 0.837. The van der Waals surface area contributed by atoms with Crippen LogP contribution < -0.4 is 0 Å². The molecule has 1 aliphatic heterocycles. The van der Waals surface area contributed by atoms with Crippen molar-refractivity contribution in [1.82, 2.24) is 4.90 Å². The second kappa shape index (κ2) is 7.51. The Balaban J connectivity index is 1.93. The Morgan fingerprint density at radius 3 is 2.50 bits per heavy atom. The van der Waals surface area contributed by atoms with Crippen LogP contribution in [0.15, 0.2) is 18.2 Å². The molecule has 1 amide bonds. The molecular weight excluding hydrogens is 320 g/mol. The number of likely N-dealkylation sites (tertiary alicyclic amines) is 1. The van der Waals surface area contributed by atoms with Crippen LogP contribution in [-0.2, 0) is 9.59 Å². The van der Waals surface area contributed by atoms with Gasteiger partial charge in [0.2, 0.25) is 5.91 Å². The molecule has 2 rings (SSSR count). The largest absolute Gasteiger partial charge is 0.481 e. The summed E-state index contributed by atoms with van der Waals surface area (Å²) in [5.74, 6) is -4.36. The summed E-state index contributed by atoms with van der Waals surface area (Å²) in [5, 5.41) is 9.11. The van der Waals surface area contributed by atoms with E-state index in [-0.39, 0.29) is 36.8 Å². The van der Waals surface area contributed by atoms with Crippen LogP contribution in [-0.4, -0.2) is 40.8 Å². The van der Waals surface area contributed by atoms with Crippen LogP contribution in [0, 0.1) is 23.5 Å². The molecule has 24 heavy (non-hydrogen) atoms. The van der Waals surface area contributed by atoms with Gasteiger partial charge in [0.1, 0.15) is 0 Å². The van der Waals surface area contributed by atoms with Gasteiger partial charge < -0.3 is 10.0 Å². The number of carboxylic acid groups (broad SMARTS) is 1. The van der Waals surface area contributed by atoms with Crippen molar-refractivity contribution in [2.24, 2.45) is 11.8 Å². The van der Waals surface area contributed by atoms with Crippen molar-refractivity contribution < 1.29 is 28.3 Å². The molecule has 1 N–H and O–H groups in total. The number of benzene rings is 1. The van der Waals surface area contributed by atoms with E-state index in [0.29, 0.717) is 13.0 Å². The normalized spacial score (nSPS) is 20.7. The molecule has 0 radical (unpaired) electrons. The zero-order valence-corrected chi connectivity index (χ0v) is 13.3. The maximum atomic E-state index is 13.1. The van der Waals surface area contributed by atoms with Crippen molar-refractivity contribution in [2.45, 2.75) is 26.2 Å². The number of nitrogens with zero attached hydrogens (tertiary/aromatic N) is 1. The number of amides is 1. The van der Waals surface area contributed by atoms with Crippen LogP contribution in [0.2, 0.25) is 0 Å². The molecule has 1 aromatic carbocycles. The van der Waals surface area contributed by atoms with E-state index in [2.05, 4.69) is 0 Å². The highest BCUT2D eigenvalue weighted by molar-refractivity contribution is 5.98. The minimum atomic E-state index is -1.11. The van der Waals surface area contributed by atoms with Crippen LogP contribution in [0.5, 0.6) is 0 Å². The van der Waals surface area contributed by atoms with Gasteiger partial charge in [-0.25, -0.2) is 8.78 Å². The molecule has 5 nitrogen and oxygen atoms in total. The fraction of sp³-hybridized carbons (Fsp3) is 0.471. The Hall–Kier alpha value is -2.31. The van der Waals surface area contributed by atoms with Crippen LogP contribution in [0.25, 0.3) is 0 Å². The summed E-state index contributed by atoms with van der Waals surface area (Å²) in [4.78, 5) is 36.8. The number of piperidine rings is 1. The van der Waals surface area contributed by atoms with E-state index in [1.54, 1.807) is 0 Å². The summed E-state index contributed by atoms with van der Waals surface area (Å²) in [6.45, 7) is 2.47. The lowest BCUT2D eigenvalue weighted by molar-refractivity contribution is -0.146. The SMILES string of the molecule is CC1CC(C(=O)O)CN(C(=O)CCC(=O)c2ccc(F)c(F)c2)C1. The zero-order valence-electron chi connectivity index (χ0n) is 13.3. The van der Waals surface area contributed by atoms with Crippen molar-refractivity contribution in [2.75, 3.05) is 13.1 Å². The average molecular weight is 339 g/mol. The van der Waals surface area contributed by atoms with Crippen molar-refractivity contribution in [3.05, 3.63) is 35.4 Å². The number of hydrogen-bond acceptors (Lipinski definition) is 3. The monoisotopic (exact) mass is 339 g/mol. The van der Waals surface area contributed by atoms with Gasteiger partial charge >= 0.3 is 5.97 Å². The molecule has 130 valence electrons. The topological polar surface area (TPSA) is 74.7 Å². The molecule has 2 unspecified atom stereocenters. The zero-order chi connectivity index (χ0) is 17.9. The number of rotatable bonds is 5. The first-order chi connectivity index (χ1) is 11.3. The molecular formula is C17H19F2NO4. The molecule has 0 aliphatic carbocycles. The van der Waals surface area contributed by atoms with E-state index in [0.717, 1.165) is 12.1 Å². The lowest BCUT2D eigenvalue weighted by atomic mass is 9.90. The van der Waals surface area contributed by atoms with Crippen molar-refractivity contribution in [3.8, 4) is 0 Å². The molecule has 1 aromatic rings. The Morgan fingerprint density at radius 1 is 1.17 bits per heavy atom. The van der Waals surface area contributed by atoms with Gasteiger partial charge in [-0.15, -0.1) is 0 Å². The number of carbonyl (C=O) groups is 3. The minimum absolute atomic E-state index is 0.0112. The second-order valence-electron chi connectivity index (χ2n) is 6.23. The highest BCUT2D eigenvalue weighted by Crippen LogP contribution is 2.23. The van der Waals surface area contributed by atoms with Crippen molar-refractivity contribution in [3.63, 3.8) is 0 Å². The molecule has 0 aromatic heterocycles. The van der Waals surface area contributed by atoms with Crippen LogP contribution in [0.3, 0.4) is 0 Å². The highest BCUT2D eigenvalue weighted by atomic mass is 19.2. The predicted octanol–water partition coefficient (Wildman–Crippen LogP) is 2.50. The number of carbonyl (C=O) groups excluding carboxylic acids is 2. The Kier molecular flexibility index (Phi) is 5.64. The third-order valence-electron chi connectivity index (χ3n) is 4.17. The van der Waals surface area contributed by atoms with Crippen LogP contribution in [0.1, 0.15) is 36.5 Å². The molecule has 1 heterocycles. The molecule has 0 spiro atoms. The lowest BCUT2D eigenvalue weighted by Crippen LogP contribution is -2.45. The third-order valence-corrected chi connectivity index (χ3v) is 4.17. The summed E-state index contributed by atoms with van der Waals surface area (Å²) in [6, 6.07) is 2.86. The lowest BCUT2D eigenvalue weighted by Gasteiger charge is -2.34. The van der Waals surface area contributed by atoms with E-state index in [4.69, 9.17) is 5.11 Å². The van der Waals surface area contributed by atoms with E-state index in [1.807, 2.05) is 6.92 Å².